The number of non-ortho nitro benzene ring substituents is 1. The van der Waals surface area contributed by atoms with Gasteiger partial charge in [-0.05, 0) is 50.5 Å². The molecule has 3 rings (SSSR count). The summed E-state index contributed by atoms with van der Waals surface area (Å²) in [6.45, 7) is 6.37. The number of nitrogens with zero attached hydrogens (tertiary/aromatic N) is 3. The van der Waals surface area contributed by atoms with Crippen LogP contribution in [0.15, 0.2) is 47.4 Å². The fraction of sp³-hybridized carbons (Fsp3) is 0.435. The average Bonchev–Trinajstić information content (AvgIpc) is 2.81. The summed E-state index contributed by atoms with van der Waals surface area (Å²) in [4.78, 5) is 25.3. The molecule has 10 heteroatoms. The highest BCUT2D eigenvalue weighted by Crippen LogP contribution is 2.31. The van der Waals surface area contributed by atoms with E-state index in [-0.39, 0.29) is 22.9 Å². The van der Waals surface area contributed by atoms with Gasteiger partial charge in [0.05, 0.1) is 27.6 Å². The lowest BCUT2D eigenvalue weighted by Crippen LogP contribution is -2.35. The number of hydrogen-bond acceptors (Lipinski definition) is 6. The first kappa shape index (κ1) is 24.7. The van der Waals surface area contributed by atoms with Crippen LogP contribution in [0.2, 0.25) is 0 Å². The van der Waals surface area contributed by atoms with Crippen LogP contribution in [0.3, 0.4) is 0 Å². The highest BCUT2D eigenvalue weighted by molar-refractivity contribution is 7.89. The Morgan fingerprint density at radius 2 is 1.70 bits per heavy atom. The number of sulfonamides is 1. The Labute approximate surface area is 194 Å². The third-order valence-electron chi connectivity index (χ3n) is 5.81. The number of hydrogen-bond donors (Lipinski definition) is 1. The van der Waals surface area contributed by atoms with Crippen molar-refractivity contribution in [2.45, 2.75) is 44.4 Å². The normalized spacial score (nSPS) is 14.6. The second kappa shape index (κ2) is 10.8. The van der Waals surface area contributed by atoms with Gasteiger partial charge in [0.15, 0.2) is 0 Å². The van der Waals surface area contributed by atoms with E-state index < -0.39 is 14.9 Å². The molecule has 1 N–H and O–H groups in total. The number of anilines is 2. The maximum atomic E-state index is 13.2. The van der Waals surface area contributed by atoms with E-state index in [1.807, 2.05) is 18.7 Å². The molecular weight excluding hydrogens is 444 g/mol. The van der Waals surface area contributed by atoms with E-state index >= 15 is 0 Å². The highest BCUT2D eigenvalue weighted by Gasteiger charge is 2.27. The van der Waals surface area contributed by atoms with E-state index in [4.69, 9.17) is 0 Å². The molecule has 2 aromatic carbocycles. The maximum absolute atomic E-state index is 13.2. The molecule has 1 saturated heterocycles. The standard InChI is InChI=1S/C23H30N4O5S/c1-3-25(4-2)22-13-12-20(33(31,32)26-14-6-5-7-15-26)17-21(22)24-23(28)16-18-8-10-19(11-9-18)27(29)30/h8-13,17H,3-7,14-16H2,1-2H3,(H,24,28). The zero-order valence-corrected chi connectivity index (χ0v) is 19.8. The first-order valence-electron chi connectivity index (χ1n) is 11.2. The quantitative estimate of drug-likeness (QED) is 0.437. The lowest BCUT2D eigenvalue weighted by Gasteiger charge is -2.28. The number of amides is 1. The third-order valence-corrected chi connectivity index (χ3v) is 7.71. The fourth-order valence-corrected chi connectivity index (χ4v) is 5.53. The summed E-state index contributed by atoms with van der Waals surface area (Å²) in [7, 11) is -3.65. The monoisotopic (exact) mass is 474 g/mol. The van der Waals surface area contributed by atoms with Gasteiger partial charge in [-0.15, -0.1) is 0 Å². The minimum atomic E-state index is -3.65. The van der Waals surface area contributed by atoms with Crippen LogP contribution in [0.1, 0.15) is 38.7 Å². The lowest BCUT2D eigenvalue weighted by molar-refractivity contribution is -0.384. The molecule has 1 fully saturated rings. The van der Waals surface area contributed by atoms with E-state index in [0.29, 0.717) is 37.4 Å². The van der Waals surface area contributed by atoms with E-state index in [0.717, 1.165) is 24.9 Å². The first-order chi connectivity index (χ1) is 15.8. The Morgan fingerprint density at radius 3 is 2.27 bits per heavy atom. The van der Waals surface area contributed by atoms with Crippen molar-refractivity contribution in [1.29, 1.82) is 0 Å². The Hall–Kier alpha value is -2.98. The average molecular weight is 475 g/mol. The SMILES string of the molecule is CCN(CC)c1ccc(S(=O)(=O)N2CCCCC2)cc1NC(=O)Cc1ccc([N+](=O)[O-])cc1. The minimum Gasteiger partial charge on any atom is -0.370 e. The van der Waals surface area contributed by atoms with E-state index in [1.54, 1.807) is 24.3 Å². The van der Waals surface area contributed by atoms with Crippen LogP contribution in [0.4, 0.5) is 17.1 Å². The molecule has 0 saturated carbocycles. The van der Waals surface area contributed by atoms with Gasteiger partial charge in [0.25, 0.3) is 5.69 Å². The van der Waals surface area contributed by atoms with Crippen LogP contribution in [0, 0.1) is 10.1 Å². The number of carbonyl (C=O) groups is 1. The maximum Gasteiger partial charge on any atom is 0.269 e. The van der Waals surface area contributed by atoms with Crippen LogP contribution < -0.4 is 10.2 Å². The lowest BCUT2D eigenvalue weighted by atomic mass is 10.1. The Kier molecular flexibility index (Phi) is 8.04. The first-order valence-corrected chi connectivity index (χ1v) is 12.6. The Bertz CT molecular complexity index is 1090. The van der Waals surface area contributed by atoms with Crippen molar-refractivity contribution < 1.29 is 18.1 Å². The molecule has 1 heterocycles. The van der Waals surface area contributed by atoms with Gasteiger partial charge in [-0.25, -0.2) is 8.42 Å². The Balaban J connectivity index is 1.87. The molecule has 0 aromatic heterocycles. The molecule has 0 atom stereocenters. The molecule has 0 unspecified atom stereocenters. The molecular formula is C23H30N4O5S. The van der Waals surface area contributed by atoms with Crippen LogP contribution >= 0.6 is 0 Å². The van der Waals surface area contributed by atoms with Gasteiger partial charge in [0.1, 0.15) is 0 Å². The second-order valence-corrected chi connectivity index (χ2v) is 9.90. The highest BCUT2D eigenvalue weighted by atomic mass is 32.2. The molecule has 1 amide bonds. The predicted molar refractivity (Wildman–Crippen MR) is 128 cm³/mol. The molecule has 0 radical (unpaired) electrons. The van der Waals surface area contributed by atoms with Gasteiger partial charge in [0, 0.05) is 38.3 Å². The zero-order valence-electron chi connectivity index (χ0n) is 19.0. The second-order valence-electron chi connectivity index (χ2n) is 7.96. The molecule has 2 aromatic rings. The molecule has 0 spiro atoms. The van der Waals surface area contributed by atoms with Crippen molar-refractivity contribution in [3.8, 4) is 0 Å². The van der Waals surface area contributed by atoms with Gasteiger partial charge < -0.3 is 10.2 Å². The van der Waals surface area contributed by atoms with Crippen LogP contribution in [0.25, 0.3) is 0 Å². The topological polar surface area (TPSA) is 113 Å². The number of carbonyl (C=O) groups excluding carboxylic acids is 1. The summed E-state index contributed by atoms with van der Waals surface area (Å²) in [6, 6.07) is 10.7. The van der Waals surface area contributed by atoms with Crippen LogP contribution in [0.5, 0.6) is 0 Å². The summed E-state index contributed by atoms with van der Waals surface area (Å²) >= 11 is 0. The van der Waals surface area contributed by atoms with E-state index in [1.165, 1.54) is 22.5 Å². The minimum absolute atomic E-state index is 0.0127. The molecule has 178 valence electrons. The number of nitrogens with one attached hydrogen (secondary N) is 1. The van der Waals surface area contributed by atoms with Crippen molar-refractivity contribution in [1.82, 2.24) is 4.31 Å². The van der Waals surface area contributed by atoms with Gasteiger partial charge in [-0.3, -0.25) is 14.9 Å². The van der Waals surface area contributed by atoms with Gasteiger partial charge in [-0.2, -0.15) is 4.31 Å². The molecule has 0 bridgehead atoms. The molecule has 1 aliphatic heterocycles. The molecule has 0 aliphatic carbocycles. The summed E-state index contributed by atoms with van der Waals surface area (Å²) in [5.41, 5.74) is 1.76. The Morgan fingerprint density at radius 1 is 1.06 bits per heavy atom. The number of rotatable bonds is 9. The number of benzene rings is 2. The van der Waals surface area contributed by atoms with Crippen molar-refractivity contribution in [2.75, 3.05) is 36.4 Å². The predicted octanol–water partition coefficient (Wildman–Crippen LogP) is 3.80. The van der Waals surface area contributed by atoms with Gasteiger partial charge in [0.2, 0.25) is 15.9 Å². The summed E-state index contributed by atoms with van der Waals surface area (Å²) in [5, 5.41) is 13.7. The van der Waals surface area contributed by atoms with Crippen molar-refractivity contribution >= 4 is 33.0 Å². The van der Waals surface area contributed by atoms with Crippen LogP contribution in [-0.2, 0) is 21.2 Å². The molecule has 9 nitrogen and oxygen atoms in total. The van der Waals surface area contributed by atoms with E-state index in [2.05, 4.69) is 5.32 Å². The smallest absolute Gasteiger partial charge is 0.269 e. The van der Waals surface area contributed by atoms with Gasteiger partial charge >= 0.3 is 0 Å². The molecule has 33 heavy (non-hydrogen) atoms. The largest absolute Gasteiger partial charge is 0.370 e. The van der Waals surface area contributed by atoms with Crippen molar-refractivity contribution in [3.63, 3.8) is 0 Å². The zero-order chi connectivity index (χ0) is 24.0. The van der Waals surface area contributed by atoms with E-state index in [9.17, 15) is 23.3 Å². The number of nitro groups is 1. The number of piperidine rings is 1. The van der Waals surface area contributed by atoms with Gasteiger partial charge in [-0.1, -0.05) is 18.6 Å². The fourth-order valence-electron chi connectivity index (χ4n) is 3.99. The summed E-state index contributed by atoms with van der Waals surface area (Å²) in [5.74, 6) is -0.329. The summed E-state index contributed by atoms with van der Waals surface area (Å²) in [6.07, 6.45) is 2.72. The third kappa shape index (κ3) is 5.88. The number of nitro benzene ring substituents is 1. The van der Waals surface area contributed by atoms with Crippen molar-refractivity contribution in [2.24, 2.45) is 0 Å². The summed E-state index contributed by atoms with van der Waals surface area (Å²) < 4.78 is 27.8. The molecule has 1 aliphatic rings. The van der Waals surface area contributed by atoms with Crippen LogP contribution in [-0.4, -0.2) is 49.7 Å². The van der Waals surface area contributed by atoms with Crippen molar-refractivity contribution in [3.05, 3.63) is 58.1 Å².